The summed E-state index contributed by atoms with van der Waals surface area (Å²) in [5, 5.41) is 12.0. The number of Topliss-reactive ketones (excluding diaryl/α,β-unsaturated/α-hetero) is 1. The molecule has 1 aromatic rings. The van der Waals surface area contributed by atoms with Crippen molar-refractivity contribution in [3.8, 4) is 6.07 Å². The zero-order chi connectivity index (χ0) is 12.8. The predicted octanol–water partition coefficient (Wildman–Crippen LogP) is 2.23. The maximum Gasteiger partial charge on any atom is 0.138 e. The number of carbonyl (C=O) groups excluding carboxylic acids is 1. The monoisotopic (exact) mass is 230 g/mol. The van der Waals surface area contributed by atoms with E-state index in [9.17, 15) is 4.79 Å². The highest BCUT2D eigenvalue weighted by molar-refractivity contribution is 5.83. The van der Waals surface area contributed by atoms with Crippen molar-refractivity contribution in [1.29, 1.82) is 5.26 Å². The summed E-state index contributed by atoms with van der Waals surface area (Å²) in [4.78, 5) is 11.6. The second-order valence-corrected chi connectivity index (χ2v) is 4.46. The van der Waals surface area contributed by atoms with E-state index in [2.05, 4.69) is 25.2 Å². The van der Waals surface area contributed by atoms with Crippen molar-refractivity contribution < 1.29 is 4.79 Å². The normalized spacial score (nSPS) is 12.2. The molecule has 3 heteroatoms. The Hall–Kier alpha value is -1.66. The van der Waals surface area contributed by atoms with Crippen LogP contribution in [0.25, 0.3) is 0 Å². The molecule has 0 saturated heterocycles. The van der Waals surface area contributed by atoms with Crippen molar-refractivity contribution >= 4 is 5.78 Å². The van der Waals surface area contributed by atoms with Gasteiger partial charge in [-0.25, -0.2) is 0 Å². The number of hydrogen-bond donors (Lipinski definition) is 1. The van der Waals surface area contributed by atoms with Crippen LogP contribution in [-0.2, 0) is 4.79 Å². The van der Waals surface area contributed by atoms with Crippen LogP contribution >= 0.6 is 0 Å². The van der Waals surface area contributed by atoms with Gasteiger partial charge >= 0.3 is 0 Å². The van der Waals surface area contributed by atoms with E-state index >= 15 is 0 Å². The van der Waals surface area contributed by atoms with E-state index in [1.807, 2.05) is 12.1 Å². The summed E-state index contributed by atoms with van der Waals surface area (Å²) in [5.74, 6) is 0.00741. The maximum atomic E-state index is 11.6. The first-order chi connectivity index (χ1) is 8.04. The summed E-state index contributed by atoms with van der Waals surface area (Å²) in [6.07, 6.45) is 0. The smallest absolute Gasteiger partial charge is 0.138 e. The number of nitrogens with one attached hydrogen (secondary N) is 1. The summed E-state index contributed by atoms with van der Waals surface area (Å²) < 4.78 is 0. The van der Waals surface area contributed by atoms with Gasteiger partial charge in [-0.3, -0.25) is 4.79 Å². The molecule has 1 aromatic carbocycles. The fourth-order valence-electron chi connectivity index (χ4n) is 1.64. The summed E-state index contributed by atoms with van der Waals surface area (Å²) in [7, 11) is 0. The molecule has 0 radical (unpaired) electrons. The van der Waals surface area contributed by atoms with Crippen molar-refractivity contribution in [2.24, 2.45) is 0 Å². The second kappa shape index (κ2) is 6.17. The van der Waals surface area contributed by atoms with Crippen LogP contribution < -0.4 is 5.32 Å². The Morgan fingerprint density at radius 3 is 2.35 bits per heavy atom. The van der Waals surface area contributed by atoms with Crippen LogP contribution in [0, 0.1) is 11.3 Å². The number of nitrogens with zero attached hydrogens (tertiary/aromatic N) is 1. The maximum absolute atomic E-state index is 11.6. The molecule has 0 aromatic heterocycles. The third-order valence-corrected chi connectivity index (χ3v) is 2.66. The average Bonchev–Trinajstić information content (AvgIpc) is 2.29. The SMILES string of the molecule is CC(=O)C(CNC(C)C)c1ccc(C#N)cc1. The molecule has 1 atom stereocenters. The summed E-state index contributed by atoms with van der Waals surface area (Å²) >= 11 is 0. The molecule has 0 fully saturated rings. The van der Waals surface area contributed by atoms with E-state index < -0.39 is 0 Å². The van der Waals surface area contributed by atoms with Crippen molar-refractivity contribution in [2.75, 3.05) is 6.54 Å². The topological polar surface area (TPSA) is 52.9 Å². The van der Waals surface area contributed by atoms with Crippen LogP contribution in [0.3, 0.4) is 0 Å². The lowest BCUT2D eigenvalue weighted by Crippen LogP contribution is -2.30. The number of carbonyl (C=O) groups is 1. The fraction of sp³-hybridized carbons (Fsp3) is 0.429. The lowest BCUT2D eigenvalue weighted by molar-refractivity contribution is -0.118. The van der Waals surface area contributed by atoms with E-state index in [4.69, 9.17) is 5.26 Å². The third-order valence-electron chi connectivity index (χ3n) is 2.66. The van der Waals surface area contributed by atoms with Gasteiger partial charge in [0, 0.05) is 12.6 Å². The fourth-order valence-corrected chi connectivity index (χ4v) is 1.64. The van der Waals surface area contributed by atoms with E-state index in [1.165, 1.54) is 0 Å². The van der Waals surface area contributed by atoms with Gasteiger partial charge < -0.3 is 5.32 Å². The van der Waals surface area contributed by atoms with E-state index in [0.29, 0.717) is 18.2 Å². The van der Waals surface area contributed by atoms with Crippen molar-refractivity contribution in [3.63, 3.8) is 0 Å². The van der Waals surface area contributed by atoms with E-state index in [1.54, 1.807) is 19.1 Å². The quantitative estimate of drug-likeness (QED) is 0.844. The third kappa shape index (κ3) is 4.01. The van der Waals surface area contributed by atoms with Crippen molar-refractivity contribution in [2.45, 2.75) is 32.7 Å². The zero-order valence-electron chi connectivity index (χ0n) is 10.5. The van der Waals surface area contributed by atoms with Crippen molar-refractivity contribution in [1.82, 2.24) is 5.32 Å². The molecular formula is C14H18N2O. The Morgan fingerprint density at radius 1 is 1.35 bits per heavy atom. The molecule has 0 aliphatic carbocycles. The van der Waals surface area contributed by atoms with Crippen LogP contribution in [0.5, 0.6) is 0 Å². The largest absolute Gasteiger partial charge is 0.313 e. The van der Waals surface area contributed by atoms with Crippen LogP contribution in [-0.4, -0.2) is 18.4 Å². The first-order valence-electron chi connectivity index (χ1n) is 5.78. The minimum atomic E-state index is -0.134. The minimum Gasteiger partial charge on any atom is -0.313 e. The number of nitriles is 1. The minimum absolute atomic E-state index is 0.134. The predicted molar refractivity (Wildman–Crippen MR) is 67.7 cm³/mol. The molecule has 1 rings (SSSR count). The Balaban J connectivity index is 2.83. The molecule has 0 saturated carbocycles. The molecule has 0 aliphatic heterocycles. The van der Waals surface area contributed by atoms with Gasteiger partial charge in [0.25, 0.3) is 0 Å². The molecule has 90 valence electrons. The Kier molecular flexibility index (Phi) is 4.86. The van der Waals surface area contributed by atoms with Crippen LogP contribution in [0.4, 0.5) is 0 Å². The molecule has 1 N–H and O–H groups in total. The number of rotatable bonds is 5. The standard InChI is InChI=1S/C14H18N2O/c1-10(2)16-9-14(11(3)17)13-6-4-12(8-15)5-7-13/h4-7,10,14,16H,9H2,1-3H3. The molecule has 0 heterocycles. The highest BCUT2D eigenvalue weighted by Gasteiger charge is 2.16. The average molecular weight is 230 g/mol. The molecular weight excluding hydrogens is 212 g/mol. The van der Waals surface area contributed by atoms with Gasteiger partial charge in [0.15, 0.2) is 0 Å². The summed E-state index contributed by atoms with van der Waals surface area (Å²) in [6, 6.07) is 9.64. The molecule has 17 heavy (non-hydrogen) atoms. The van der Waals surface area contributed by atoms with Crippen LogP contribution in [0.15, 0.2) is 24.3 Å². The molecule has 0 spiro atoms. The summed E-state index contributed by atoms with van der Waals surface area (Å²) in [5.41, 5.74) is 1.58. The van der Waals surface area contributed by atoms with Gasteiger partial charge in [0.1, 0.15) is 5.78 Å². The van der Waals surface area contributed by atoms with Gasteiger partial charge in [-0.1, -0.05) is 26.0 Å². The summed E-state index contributed by atoms with van der Waals surface area (Å²) in [6.45, 7) is 6.34. The molecule has 1 unspecified atom stereocenters. The van der Waals surface area contributed by atoms with Gasteiger partial charge in [-0.05, 0) is 24.6 Å². The van der Waals surface area contributed by atoms with Crippen molar-refractivity contribution in [3.05, 3.63) is 35.4 Å². The molecule has 0 bridgehead atoms. The molecule has 0 aliphatic rings. The number of ketones is 1. The van der Waals surface area contributed by atoms with Crippen LogP contribution in [0.1, 0.15) is 37.8 Å². The molecule has 0 amide bonds. The number of hydrogen-bond acceptors (Lipinski definition) is 3. The number of benzene rings is 1. The Bertz CT molecular complexity index is 415. The lowest BCUT2D eigenvalue weighted by atomic mass is 9.94. The van der Waals surface area contributed by atoms with Gasteiger partial charge in [0.05, 0.1) is 17.6 Å². The Labute approximate surface area is 102 Å². The second-order valence-electron chi connectivity index (χ2n) is 4.46. The Morgan fingerprint density at radius 2 is 1.94 bits per heavy atom. The first kappa shape index (κ1) is 13.4. The van der Waals surface area contributed by atoms with Crippen LogP contribution in [0.2, 0.25) is 0 Å². The van der Waals surface area contributed by atoms with Gasteiger partial charge in [-0.15, -0.1) is 0 Å². The zero-order valence-corrected chi connectivity index (χ0v) is 10.5. The van der Waals surface area contributed by atoms with E-state index in [-0.39, 0.29) is 11.7 Å². The highest BCUT2D eigenvalue weighted by atomic mass is 16.1. The first-order valence-corrected chi connectivity index (χ1v) is 5.78. The lowest BCUT2D eigenvalue weighted by Gasteiger charge is -2.17. The van der Waals surface area contributed by atoms with Gasteiger partial charge in [-0.2, -0.15) is 5.26 Å². The van der Waals surface area contributed by atoms with E-state index in [0.717, 1.165) is 5.56 Å². The highest BCUT2D eigenvalue weighted by Crippen LogP contribution is 2.17. The molecule has 3 nitrogen and oxygen atoms in total. The van der Waals surface area contributed by atoms with Gasteiger partial charge in [0.2, 0.25) is 0 Å².